The maximum atomic E-state index is 12.2. The summed E-state index contributed by atoms with van der Waals surface area (Å²) in [5.74, 6) is 0.0995. The third-order valence-electron chi connectivity index (χ3n) is 3.90. The molecule has 0 fully saturated rings. The van der Waals surface area contributed by atoms with Gasteiger partial charge in [0.2, 0.25) is 21.8 Å². The van der Waals surface area contributed by atoms with E-state index in [4.69, 9.17) is 4.42 Å². The van der Waals surface area contributed by atoms with E-state index >= 15 is 0 Å². The molecule has 0 aliphatic heterocycles. The lowest BCUT2D eigenvalue weighted by molar-refractivity contribution is 0.457. The van der Waals surface area contributed by atoms with Crippen LogP contribution in [0.5, 0.6) is 5.88 Å². The monoisotopic (exact) mass is 357 g/mol. The number of aromatic amines is 1. The fraction of sp³-hybridized carbons (Fsp3) is 0.118. The van der Waals surface area contributed by atoms with Crippen molar-refractivity contribution in [3.63, 3.8) is 0 Å². The highest BCUT2D eigenvalue weighted by atomic mass is 32.2. The first kappa shape index (κ1) is 15.7. The van der Waals surface area contributed by atoms with Gasteiger partial charge in [0, 0.05) is 17.4 Å². The molecule has 2 aromatic carbocycles. The zero-order chi connectivity index (χ0) is 17.6. The van der Waals surface area contributed by atoms with Gasteiger partial charge in [-0.3, -0.25) is 0 Å². The van der Waals surface area contributed by atoms with Crippen LogP contribution in [0.4, 0.5) is 0 Å². The van der Waals surface area contributed by atoms with Gasteiger partial charge in [0.15, 0.2) is 5.58 Å². The lowest BCUT2D eigenvalue weighted by atomic mass is 10.1. The Morgan fingerprint density at radius 2 is 2.04 bits per heavy atom. The van der Waals surface area contributed by atoms with Crippen molar-refractivity contribution in [3.05, 3.63) is 42.5 Å². The minimum Gasteiger partial charge on any atom is -0.494 e. The van der Waals surface area contributed by atoms with E-state index in [1.807, 2.05) is 12.1 Å². The van der Waals surface area contributed by atoms with E-state index < -0.39 is 10.0 Å². The largest absolute Gasteiger partial charge is 0.494 e. The highest BCUT2D eigenvalue weighted by Gasteiger charge is 2.21. The third kappa shape index (κ3) is 2.55. The molecule has 0 atom stereocenters. The SMILES string of the molecule is CCNS(=O)(=O)c1ccc2[nH]c(O)c(-c3nc4ccccc4o3)c2c1. The van der Waals surface area contributed by atoms with Crippen molar-refractivity contribution in [3.8, 4) is 17.3 Å². The molecule has 0 spiro atoms. The van der Waals surface area contributed by atoms with Gasteiger partial charge in [-0.1, -0.05) is 19.1 Å². The number of sulfonamides is 1. The maximum Gasteiger partial charge on any atom is 0.240 e. The Bertz CT molecular complexity index is 1160. The number of fused-ring (bicyclic) bond motifs is 2. The summed E-state index contributed by atoms with van der Waals surface area (Å²) in [5.41, 5.74) is 2.16. The van der Waals surface area contributed by atoms with E-state index in [1.54, 1.807) is 25.1 Å². The molecule has 2 aromatic heterocycles. The van der Waals surface area contributed by atoms with Crippen LogP contribution in [0.3, 0.4) is 0 Å². The zero-order valence-electron chi connectivity index (χ0n) is 13.3. The van der Waals surface area contributed by atoms with Gasteiger partial charge in [0.1, 0.15) is 11.1 Å². The number of rotatable bonds is 4. The highest BCUT2D eigenvalue weighted by molar-refractivity contribution is 7.89. The van der Waals surface area contributed by atoms with Gasteiger partial charge in [-0.25, -0.2) is 18.1 Å². The molecule has 8 heteroatoms. The molecule has 25 heavy (non-hydrogen) atoms. The van der Waals surface area contributed by atoms with Crippen molar-refractivity contribution < 1.29 is 17.9 Å². The summed E-state index contributed by atoms with van der Waals surface area (Å²) in [6.07, 6.45) is 0. The van der Waals surface area contributed by atoms with E-state index in [2.05, 4.69) is 14.7 Å². The number of aromatic hydroxyl groups is 1. The Hall–Kier alpha value is -2.84. The molecular formula is C17H15N3O4S. The molecule has 4 rings (SSSR count). The number of hydrogen-bond donors (Lipinski definition) is 3. The average molecular weight is 357 g/mol. The first-order valence-electron chi connectivity index (χ1n) is 7.70. The summed E-state index contributed by atoms with van der Waals surface area (Å²) in [5, 5.41) is 10.8. The lowest BCUT2D eigenvalue weighted by Gasteiger charge is -2.04. The van der Waals surface area contributed by atoms with Crippen molar-refractivity contribution >= 4 is 32.0 Å². The van der Waals surface area contributed by atoms with Crippen LogP contribution in [0.25, 0.3) is 33.5 Å². The van der Waals surface area contributed by atoms with Gasteiger partial charge in [-0.2, -0.15) is 0 Å². The second-order valence-corrected chi connectivity index (χ2v) is 7.31. The Morgan fingerprint density at radius 1 is 1.24 bits per heavy atom. The van der Waals surface area contributed by atoms with Crippen LogP contribution in [0, 0.1) is 0 Å². The van der Waals surface area contributed by atoms with E-state index in [0.717, 1.165) is 0 Å². The van der Waals surface area contributed by atoms with E-state index in [9.17, 15) is 13.5 Å². The fourth-order valence-electron chi connectivity index (χ4n) is 2.79. The predicted octanol–water partition coefficient (Wildman–Crippen LogP) is 2.98. The van der Waals surface area contributed by atoms with Crippen LogP contribution in [-0.4, -0.2) is 30.0 Å². The van der Waals surface area contributed by atoms with Crippen molar-refractivity contribution in [1.82, 2.24) is 14.7 Å². The third-order valence-corrected chi connectivity index (χ3v) is 5.45. The van der Waals surface area contributed by atoms with E-state index in [1.165, 1.54) is 12.1 Å². The lowest BCUT2D eigenvalue weighted by Crippen LogP contribution is -2.22. The van der Waals surface area contributed by atoms with Crippen molar-refractivity contribution in [2.24, 2.45) is 0 Å². The summed E-state index contributed by atoms with van der Waals surface area (Å²) in [6, 6.07) is 11.8. The molecular weight excluding hydrogens is 342 g/mol. The number of nitrogens with zero attached hydrogens (tertiary/aromatic N) is 1. The molecule has 0 aliphatic rings. The fourth-order valence-corrected chi connectivity index (χ4v) is 3.86. The molecule has 0 radical (unpaired) electrons. The van der Waals surface area contributed by atoms with Gasteiger partial charge in [0.05, 0.1) is 4.90 Å². The minimum atomic E-state index is -3.61. The first-order valence-corrected chi connectivity index (χ1v) is 9.18. The standard InChI is InChI=1S/C17H15N3O4S/c1-2-18-25(22,23)10-7-8-12-11(9-10)15(16(21)19-12)17-20-13-5-3-4-6-14(13)24-17/h3-9,18-19,21H,2H2,1H3. The zero-order valence-corrected chi connectivity index (χ0v) is 14.1. The van der Waals surface area contributed by atoms with Crippen LogP contribution in [0.2, 0.25) is 0 Å². The quantitative estimate of drug-likeness (QED) is 0.520. The number of H-pyrrole nitrogens is 1. The number of aromatic nitrogens is 2. The van der Waals surface area contributed by atoms with Crippen molar-refractivity contribution in [2.45, 2.75) is 11.8 Å². The molecule has 0 saturated heterocycles. The van der Waals surface area contributed by atoms with Gasteiger partial charge < -0.3 is 14.5 Å². The van der Waals surface area contributed by atoms with Gasteiger partial charge in [-0.15, -0.1) is 0 Å². The van der Waals surface area contributed by atoms with Gasteiger partial charge >= 0.3 is 0 Å². The molecule has 7 nitrogen and oxygen atoms in total. The number of para-hydroxylation sites is 2. The van der Waals surface area contributed by atoms with E-state index in [-0.39, 0.29) is 23.2 Å². The van der Waals surface area contributed by atoms with Gasteiger partial charge in [0.25, 0.3) is 0 Å². The number of benzene rings is 2. The summed E-state index contributed by atoms with van der Waals surface area (Å²) in [7, 11) is -3.61. The van der Waals surface area contributed by atoms with Gasteiger partial charge in [-0.05, 0) is 30.3 Å². The first-order chi connectivity index (χ1) is 12.0. The molecule has 3 N–H and O–H groups in total. The van der Waals surface area contributed by atoms with Crippen LogP contribution < -0.4 is 4.72 Å². The topological polar surface area (TPSA) is 108 Å². The Morgan fingerprint density at radius 3 is 2.80 bits per heavy atom. The molecule has 0 amide bonds. The Labute approximate surface area is 143 Å². The molecule has 0 aliphatic carbocycles. The number of hydrogen-bond acceptors (Lipinski definition) is 5. The summed E-state index contributed by atoms with van der Waals surface area (Å²) >= 11 is 0. The van der Waals surface area contributed by atoms with Crippen LogP contribution in [0.1, 0.15) is 6.92 Å². The maximum absolute atomic E-state index is 12.2. The minimum absolute atomic E-state index is 0.109. The van der Waals surface area contributed by atoms with Crippen LogP contribution >= 0.6 is 0 Å². The molecule has 0 saturated carbocycles. The number of nitrogens with one attached hydrogen (secondary N) is 2. The van der Waals surface area contributed by atoms with E-state index in [0.29, 0.717) is 27.6 Å². The summed E-state index contributed by atoms with van der Waals surface area (Å²) < 4.78 is 32.7. The molecule has 2 heterocycles. The predicted molar refractivity (Wildman–Crippen MR) is 93.8 cm³/mol. The summed E-state index contributed by atoms with van der Waals surface area (Å²) in [6.45, 7) is 2.00. The Balaban J connectivity index is 1.95. The Kier molecular flexibility index (Phi) is 3.52. The smallest absolute Gasteiger partial charge is 0.240 e. The number of oxazole rings is 1. The van der Waals surface area contributed by atoms with Crippen molar-refractivity contribution in [1.29, 1.82) is 0 Å². The normalized spacial score (nSPS) is 12.2. The van der Waals surface area contributed by atoms with Crippen LogP contribution in [0.15, 0.2) is 51.8 Å². The average Bonchev–Trinajstić information content (AvgIpc) is 3.13. The summed E-state index contributed by atoms with van der Waals surface area (Å²) in [4.78, 5) is 7.31. The molecule has 4 aromatic rings. The second-order valence-electron chi connectivity index (χ2n) is 5.54. The molecule has 128 valence electrons. The molecule has 0 bridgehead atoms. The highest BCUT2D eigenvalue weighted by Crippen LogP contribution is 2.38. The van der Waals surface area contributed by atoms with Crippen LogP contribution in [-0.2, 0) is 10.0 Å². The molecule has 0 unspecified atom stereocenters. The van der Waals surface area contributed by atoms with Crippen molar-refractivity contribution in [2.75, 3.05) is 6.54 Å². The second kappa shape index (κ2) is 5.61.